The van der Waals surface area contributed by atoms with Crippen molar-refractivity contribution in [3.63, 3.8) is 0 Å². The van der Waals surface area contributed by atoms with Crippen LogP contribution in [-0.2, 0) is 16.1 Å². The Morgan fingerprint density at radius 3 is 2.48 bits per heavy atom. The van der Waals surface area contributed by atoms with Crippen LogP contribution in [0.4, 0.5) is 13.2 Å². The summed E-state index contributed by atoms with van der Waals surface area (Å²) in [7, 11) is 1.60. The molecule has 1 aromatic rings. The number of carbonyl (C=O) groups excluding carboxylic acids is 2. The van der Waals surface area contributed by atoms with E-state index in [0.717, 1.165) is 5.56 Å². The molecule has 1 unspecified atom stereocenters. The average molecular weight is 435 g/mol. The second-order valence-electron chi connectivity index (χ2n) is 7.76. The van der Waals surface area contributed by atoms with Gasteiger partial charge in [0.25, 0.3) is 0 Å². The number of amidine groups is 1. The van der Waals surface area contributed by atoms with Crippen molar-refractivity contribution in [3.05, 3.63) is 42.0 Å². The van der Waals surface area contributed by atoms with E-state index < -0.39 is 18.2 Å². The van der Waals surface area contributed by atoms with Crippen molar-refractivity contribution in [2.24, 2.45) is 4.99 Å². The van der Waals surface area contributed by atoms with Crippen molar-refractivity contribution in [1.82, 2.24) is 9.80 Å². The first-order chi connectivity index (χ1) is 14.7. The lowest BCUT2D eigenvalue weighted by Gasteiger charge is -2.35. The van der Waals surface area contributed by atoms with Gasteiger partial charge in [0.15, 0.2) is 6.04 Å². The van der Waals surface area contributed by atoms with Crippen LogP contribution in [0.2, 0.25) is 0 Å². The number of likely N-dealkylation sites (tertiary alicyclic amines) is 1. The van der Waals surface area contributed by atoms with E-state index in [1.165, 1.54) is 17.0 Å². The topological polar surface area (TPSA) is 65.2 Å². The number of ether oxygens (including phenoxy) is 1. The molecule has 0 aliphatic carbocycles. The number of fused-ring (bicyclic) bond motifs is 1. The third-order valence-electron chi connectivity index (χ3n) is 5.72. The number of amides is 2. The van der Waals surface area contributed by atoms with Crippen molar-refractivity contribution < 1.29 is 32.1 Å². The van der Waals surface area contributed by atoms with Crippen LogP contribution in [0.25, 0.3) is 0 Å². The summed E-state index contributed by atoms with van der Waals surface area (Å²) < 4.78 is 42.3. The summed E-state index contributed by atoms with van der Waals surface area (Å²) in [5.74, 6) is -0.769. The van der Waals surface area contributed by atoms with Crippen LogP contribution >= 0.6 is 0 Å². The Balaban J connectivity index is 1.41. The van der Waals surface area contributed by atoms with Crippen LogP contribution < -0.4 is 4.74 Å². The maximum atomic E-state index is 12.7. The number of allylic oxidation sites excluding steroid dienone is 1. The van der Waals surface area contributed by atoms with E-state index in [0.29, 0.717) is 38.3 Å². The minimum absolute atomic E-state index is 0.120. The Kier molecular flexibility index (Phi) is 5.65. The Morgan fingerprint density at radius 2 is 1.84 bits per heavy atom. The minimum Gasteiger partial charge on any atom is -0.406 e. The quantitative estimate of drug-likeness (QED) is 0.536. The third-order valence-corrected chi connectivity index (χ3v) is 5.72. The average Bonchev–Trinajstić information content (AvgIpc) is 2.74. The molecule has 3 aliphatic rings. The zero-order valence-corrected chi connectivity index (χ0v) is 16.9. The predicted molar refractivity (Wildman–Crippen MR) is 106 cm³/mol. The first kappa shape index (κ1) is 21.2. The number of benzene rings is 1. The van der Waals surface area contributed by atoms with Crippen LogP contribution in [0.1, 0.15) is 18.4 Å². The number of dihydropyridines is 1. The van der Waals surface area contributed by atoms with Gasteiger partial charge in [-0.3, -0.25) is 9.69 Å². The molecule has 1 atom stereocenters. The summed E-state index contributed by atoms with van der Waals surface area (Å²) in [5, 5.41) is 0. The second kappa shape index (κ2) is 8.26. The molecule has 0 radical (unpaired) electrons. The maximum absolute atomic E-state index is 12.7. The fraction of sp³-hybridized carbons (Fsp3) is 0.429. The first-order valence-corrected chi connectivity index (χ1v) is 9.98. The van der Waals surface area contributed by atoms with E-state index in [4.69, 9.17) is 0 Å². The highest BCUT2D eigenvalue weighted by Crippen LogP contribution is 2.25. The number of halogens is 3. The molecule has 0 spiro atoms. The Labute approximate surface area is 177 Å². The van der Waals surface area contributed by atoms with Gasteiger partial charge >= 0.3 is 24.0 Å². The molecule has 2 amide bonds. The SMILES string of the molecule is CN1C(=O)C(=O)[N+](C2CCN(Cc3ccc(OC(F)(F)F)cc3)CC2)=C2N=CC=CC21. The number of hydrogen-bond donors (Lipinski definition) is 0. The number of rotatable bonds is 4. The van der Waals surface area contributed by atoms with Gasteiger partial charge in [0.1, 0.15) is 18.0 Å². The number of alkyl halides is 3. The summed E-state index contributed by atoms with van der Waals surface area (Å²) in [4.78, 5) is 33.1. The van der Waals surface area contributed by atoms with Crippen molar-refractivity contribution in [2.45, 2.75) is 37.8 Å². The van der Waals surface area contributed by atoms with Crippen LogP contribution in [0.3, 0.4) is 0 Å². The van der Waals surface area contributed by atoms with Gasteiger partial charge < -0.3 is 9.64 Å². The predicted octanol–water partition coefficient (Wildman–Crippen LogP) is 1.97. The molecule has 1 fully saturated rings. The summed E-state index contributed by atoms with van der Waals surface area (Å²) >= 11 is 0. The van der Waals surface area contributed by atoms with E-state index in [1.54, 1.807) is 36.0 Å². The minimum atomic E-state index is -4.71. The van der Waals surface area contributed by atoms with Gasteiger partial charge in [-0.05, 0) is 29.8 Å². The summed E-state index contributed by atoms with van der Waals surface area (Å²) in [6, 6.07) is 5.36. The molecular weight excluding hydrogens is 413 g/mol. The molecule has 0 bridgehead atoms. The zero-order chi connectivity index (χ0) is 22.2. The zero-order valence-electron chi connectivity index (χ0n) is 16.9. The smallest absolute Gasteiger partial charge is 0.406 e. The summed E-state index contributed by atoms with van der Waals surface area (Å²) in [5.41, 5.74) is 0.871. The lowest BCUT2D eigenvalue weighted by atomic mass is 10.0. The molecular formula is C21H22F3N4O3+. The van der Waals surface area contributed by atoms with Gasteiger partial charge in [-0.25, -0.2) is 4.79 Å². The Bertz CT molecular complexity index is 961. The van der Waals surface area contributed by atoms with Gasteiger partial charge in [0, 0.05) is 39.5 Å². The number of nitrogens with zero attached hydrogens (tertiary/aromatic N) is 4. The van der Waals surface area contributed by atoms with Gasteiger partial charge in [-0.2, -0.15) is 4.58 Å². The van der Waals surface area contributed by atoms with Crippen LogP contribution in [0, 0.1) is 0 Å². The van der Waals surface area contributed by atoms with Gasteiger partial charge in [0.2, 0.25) is 0 Å². The van der Waals surface area contributed by atoms with E-state index in [2.05, 4.69) is 14.6 Å². The second-order valence-corrected chi connectivity index (χ2v) is 7.76. The highest BCUT2D eigenvalue weighted by Gasteiger charge is 2.47. The van der Waals surface area contributed by atoms with E-state index in [-0.39, 0.29) is 17.8 Å². The molecule has 1 aromatic carbocycles. The standard InChI is InChI=1S/C21H22F3N4O3/c1-26-17-3-2-10-25-18(17)28(20(30)19(26)29)15-8-11-27(12-9-15)13-14-4-6-16(7-5-14)31-21(22,23)24/h2-7,10,15,17H,8-9,11-13H2,1H3/q+1. The maximum Gasteiger partial charge on any atom is 0.573 e. The third kappa shape index (κ3) is 4.53. The van der Waals surface area contributed by atoms with Crippen LogP contribution in [0.15, 0.2) is 41.4 Å². The molecule has 0 N–H and O–H groups in total. The summed E-state index contributed by atoms with van der Waals surface area (Å²) in [6.45, 7) is 1.96. The molecule has 3 heterocycles. The fourth-order valence-corrected chi connectivity index (χ4v) is 4.17. The molecule has 0 aromatic heterocycles. The largest absolute Gasteiger partial charge is 0.573 e. The molecule has 3 aliphatic heterocycles. The number of piperidine rings is 1. The van der Waals surface area contributed by atoms with Crippen molar-refractivity contribution >= 4 is 23.9 Å². The lowest BCUT2D eigenvalue weighted by molar-refractivity contribution is -0.494. The van der Waals surface area contributed by atoms with Gasteiger partial charge in [0.05, 0.1) is 0 Å². The molecule has 164 valence electrons. The Hall–Kier alpha value is -3.01. The van der Waals surface area contributed by atoms with Gasteiger partial charge in [-0.15, -0.1) is 13.2 Å². The highest BCUT2D eigenvalue weighted by atomic mass is 19.4. The number of hydrogen-bond acceptors (Lipinski definition) is 5. The fourth-order valence-electron chi connectivity index (χ4n) is 4.17. The number of aliphatic imine (C=N–C) groups is 1. The first-order valence-electron chi connectivity index (χ1n) is 9.98. The van der Waals surface area contributed by atoms with Crippen molar-refractivity contribution in [1.29, 1.82) is 0 Å². The number of carbonyl (C=O) groups is 2. The summed E-state index contributed by atoms with van der Waals surface area (Å²) in [6.07, 6.45) is 1.87. The molecule has 0 saturated carbocycles. The molecule has 10 heteroatoms. The molecule has 31 heavy (non-hydrogen) atoms. The van der Waals surface area contributed by atoms with Gasteiger partial charge in [-0.1, -0.05) is 17.1 Å². The molecule has 4 rings (SSSR count). The van der Waals surface area contributed by atoms with E-state index >= 15 is 0 Å². The highest BCUT2D eigenvalue weighted by molar-refractivity contribution is 6.34. The molecule has 7 nitrogen and oxygen atoms in total. The number of likely N-dealkylation sites (N-methyl/N-ethyl adjacent to an activating group) is 1. The van der Waals surface area contributed by atoms with Crippen molar-refractivity contribution in [2.75, 3.05) is 20.1 Å². The van der Waals surface area contributed by atoms with Crippen LogP contribution in [0.5, 0.6) is 5.75 Å². The van der Waals surface area contributed by atoms with Crippen LogP contribution in [-0.4, -0.2) is 76.8 Å². The normalized spacial score (nSPS) is 22.8. The Morgan fingerprint density at radius 1 is 1.16 bits per heavy atom. The molecule has 1 saturated heterocycles. The van der Waals surface area contributed by atoms with E-state index in [9.17, 15) is 22.8 Å². The lowest BCUT2D eigenvalue weighted by Crippen LogP contribution is -2.59. The monoisotopic (exact) mass is 435 g/mol. The van der Waals surface area contributed by atoms with Crippen molar-refractivity contribution in [3.8, 4) is 5.75 Å². The van der Waals surface area contributed by atoms with E-state index in [1.807, 2.05) is 6.08 Å².